The van der Waals surface area contributed by atoms with Crippen LogP contribution in [0.15, 0.2) is 16.9 Å². The van der Waals surface area contributed by atoms with Gasteiger partial charge in [0.25, 0.3) is 0 Å². The van der Waals surface area contributed by atoms with Crippen LogP contribution in [0.1, 0.15) is 37.6 Å². The van der Waals surface area contributed by atoms with Crippen molar-refractivity contribution in [1.82, 2.24) is 19.9 Å². The third-order valence-electron chi connectivity index (χ3n) is 2.53. The lowest BCUT2D eigenvalue weighted by molar-refractivity contribution is 0.201. The van der Waals surface area contributed by atoms with Crippen LogP contribution in [0, 0.1) is 0 Å². The fraction of sp³-hybridized carbons (Fsp3) is 0.583. The maximum Gasteiger partial charge on any atom is 0.417 e. The lowest BCUT2D eigenvalue weighted by Gasteiger charge is -1.99. The molecule has 6 nitrogen and oxygen atoms in total. The Morgan fingerprint density at radius 2 is 2.28 bits per heavy atom. The number of hydrogen-bond acceptors (Lipinski definition) is 5. The third-order valence-corrected chi connectivity index (χ3v) is 2.53. The summed E-state index contributed by atoms with van der Waals surface area (Å²) in [5, 5.41) is 7.94. The highest BCUT2D eigenvalue weighted by molar-refractivity contribution is 5.03. The molecule has 6 heteroatoms. The normalized spacial score (nSPS) is 11.1. The van der Waals surface area contributed by atoms with E-state index in [1.807, 2.05) is 33.3 Å². The van der Waals surface area contributed by atoms with Crippen molar-refractivity contribution in [2.75, 3.05) is 6.61 Å². The smallest absolute Gasteiger partial charge is 0.417 e. The van der Waals surface area contributed by atoms with Crippen LogP contribution in [0.3, 0.4) is 0 Å². The van der Waals surface area contributed by atoms with Crippen molar-refractivity contribution >= 4 is 0 Å². The second-order valence-electron chi connectivity index (χ2n) is 4.55. The maximum absolute atomic E-state index is 5.40. The number of ether oxygens (including phenoxy) is 1. The minimum absolute atomic E-state index is 0.251. The summed E-state index contributed by atoms with van der Waals surface area (Å²) in [6.45, 7) is 4.59. The molecule has 0 saturated heterocycles. The molecule has 2 aromatic heterocycles. The second-order valence-corrected chi connectivity index (χ2v) is 4.55. The van der Waals surface area contributed by atoms with Crippen LogP contribution in [-0.2, 0) is 13.5 Å². The van der Waals surface area contributed by atoms with Gasteiger partial charge in [0, 0.05) is 19.2 Å². The van der Waals surface area contributed by atoms with E-state index >= 15 is 0 Å². The van der Waals surface area contributed by atoms with Gasteiger partial charge in [-0.2, -0.15) is 10.1 Å². The molecule has 0 bridgehead atoms. The van der Waals surface area contributed by atoms with Gasteiger partial charge >= 0.3 is 6.08 Å². The summed E-state index contributed by atoms with van der Waals surface area (Å²) in [6.07, 6.45) is 5.95. The molecule has 0 spiro atoms. The first-order valence-corrected chi connectivity index (χ1v) is 6.09. The Morgan fingerprint density at radius 1 is 1.44 bits per heavy atom. The highest BCUT2D eigenvalue weighted by atomic mass is 16.6. The standard InChI is InChI=1S/C12H18N4O2/c1-9(2)11-14-12(18-15-11)17-6-4-5-10-7-13-16(3)8-10/h7-9H,4-6H2,1-3H3. The molecule has 0 N–H and O–H groups in total. The number of rotatable bonds is 6. The molecule has 0 atom stereocenters. The Labute approximate surface area is 106 Å². The number of hydrogen-bond donors (Lipinski definition) is 0. The summed E-state index contributed by atoms with van der Waals surface area (Å²) in [4.78, 5) is 4.14. The zero-order chi connectivity index (χ0) is 13.0. The van der Waals surface area contributed by atoms with Gasteiger partial charge in [-0.05, 0) is 18.4 Å². The van der Waals surface area contributed by atoms with Gasteiger partial charge in [0.05, 0.1) is 12.8 Å². The molecule has 0 aromatic carbocycles. The molecule has 2 aromatic rings. The first-order valence-electron chi connectivity index (χ1n) is 6.09. The predicted molar refractivity (Wildman–Crippen MR) is 65.4 cm³/mol. The monoisotopic (exact) mass is 250 g/mol. The third kappa shape index (κ3) is 3.32. The largest absolute Gasteiger partial charge is 0.449 e. The zero-order valence-corrected chi connectivity index (χ0v) is 11.0. The molecule has 0 aliphatic rings. The summed E-state index contributed by atoms with van der Waals surface area (Å²) in [7, 11) is 1.91. The van der Waals surface area contributed by atoms with Crippen LogP contribution in [0.25, 0.3) is 0 Å². The van der Waals surface area contributed by atoms with Crippen LogP contribution < -0.4 is 4.74 Å². The molecular formula is C12H18N4O2. The van der Waals surface area contributed by atoms with Crippen molar-refractivity contribution in [3.63, 3.8) is 0 Å². The van der Waals surface area contributed by atoms with Crippen molar-refractivity contribution in [3.8, 4) is 6.08 Å². The second kappa shape index (κ2) is 5.66. The van der Waals surface area contributed by atoms with Crippen LogP contribution >= 0.6 is 0 Å². The molecular weight excluding hydrogens is 232 g/mol. The molecule has 98 valence electrons. The number of aryl methyl sites for hydroxylation is 2. The molecule has 0 amide bonds. The van der Waals surface area contributed by atoms with Crippen molar-refractivity contribution in [1.29, 1.82) is 0 Å². The highest BCUT2D eigenvalue weighted by Gasteiger charge is 2.10. The Morgan fingerprint density at radius 3 is 2.89 bits per heavy atom. The molecule has 0 aliphatic carbocycles. The molecule has 2 rings (SSSR count). The van der Waals surface area contributed by atoms with Gasteiger partial charge in [-0.15, -0.1) is 0 Å². The van der Waals surface area contributed by atoms with Crippen LogP contribution in [0.4, 0.5) is 0 Å². The SMILES string of the molecule is CC(C)c1noc(OCCCc2cnn(C)c2)n1. The van der Waals surface area contributed by atoms with Gasteiger partial charge in [0.2, 0.25) is 0 Å². The maximum atomic E-state index is 5.40. The summed E-state index contributed by atoms with van der Waals surface area (Å²) >= 11 is 0. The summed E-state index contributed by atoms with van der Waals surface area (Å²) in [6, 6.07) is 0. The van der Waals surface area contributed by atoms with E-state index in [2.05, 4.69) is 15.2 Å². The van der Waals surface area contributed by atoms with E-state index in [4.69, 9.17) is 9.26 Å². The van der Waals surface area contributed by atoms with Crippen molar-refractivity contribution in [2.45, 2.75) is 32.6 Å². The average Bonchev–Trinajstić information content (AvgIpc) is 2.93. The molecule has 0 radical (unpaired) electrons. The van der Waals surface area contributed by atoms with E-state index < -0.39 is 0 Å². The summed E-state index contributed by atoms with van der Waals surface area (Å²) in [5.41, 5.74) is 1.20. The van der Waals surface area contributed by atoms with Gasteiger partial charge in [0.1, 0.15) is 0 Å². The Balaban J connectivity index is 1.71. The molecule has 0 unspecified atom stereocenters. The number of nitrogens with zero attached hydrogens (tertiary/aromatic N) is 4. The van der Waals surface area contributed by atoms with Gasteiger partial charge in [-0.3, -0.25) is 9.20 Å². The van der Waals surface area contributed by atoms with Gasteiger partial charge in [-0.25, -0.2) is 0 Å². The highest BCUT2D eigenvalue weighted by Crippen LogP contribution is 2.14. The summed E-state index contributed by atoms with van der Waals surface area (Å²) in [5.74, 6) is 0.929. The fourth-order valence-corrected chi connectivity index (χ4v) is 1.55. The fourth-order valence-electron chi connectivity index (χ4n) is 1.55. The molecule has 0 aliphatic heterocycles. The van der Waals surface area contributed by atoms with E-state index in [-0.39, 0.29) is 12.0 Å². The van der Waals surface area contributed by atoms with Crippen LogP contribution in [0.5, 0.6) is 6.08 Å². The quantitative estimate of drug-likeness (QED) is 0.733. The first kappa shape index (κ1) is 12.6. The van der Waals surface area contributed by atoms with E-state index in [1.54, 1.807) is 4.68 Å². The molecule has 2 heterocycles. The zero-order valence-electron chi connectivity index (χ0n) is 11.0. The number of aromatic nitrogens is 4. The van der Waals surface area contributed by atoms with E-state index in [9.17, 15) is 0 Å². The van der Waals surface area contributed by atoms with Gasteiger partial charge in [-0.1, -0.05) is 19.0 Å². The molecule has 18 heavy (non-hydrogen) atoms. The Bertz CT molecular complexity index is 490. The van der Waals surface area contributed by atoms with Crippen molar-refractivity contribution in [2.24, 2.45) is 7.05 Å². The molecule has 0 fully saturated rings. The van der Waals surface area contributed by atoms with Crippen molar-refractivity contribution < 1.29 is 9.26 Å². The van der Waals surface area contributed by atoms with Crippen LogP contribution in [0.2, 0.25) is 0 Å². The van der Waals surface area contributed by atoms with E-state index in [1.165, 1.54) is 5.56 Å². The minimum atomic E-state index is 0.251. The van der Waals surface area contributed by atoms with E-state index in [0.717, 1.165) is 12.8 Å². The topological polar surface area (TPSA) is 66.0 Å². The first-order chi connectivity index (χ1) is 8.65. The molecule has 0 saturated carbocycles. The minimum Gasteiger partial charge on any atom is -0.449 e. The Kier molecular flexibility index (Phi) is 3.96. The summed E-state index contributed by atoms with van der Waals surface area (Å²) < 4.78 is 12.2. The lowest BCUT2D eigenvalue weighted by atomic mass is 10.2. The average molecular weight is 250 g/mol. The van der Waals surface area contributed by atoms with E-state index in [0.29, 0.717) is 12.4 Å². The van der Waals surface area contributed by atoms with Gasteiger partial charge in [0.15, 0.2) is 5.82 Å². The lowest BCUT2D eigenvalue weighted by Crippen LogP contribution is -1.99. The van der Waals surface area contributed by atoms with Gasteiger partial charge < -0.3 is 4.74 Å². The predicted octanol–water partition coefficient (Wildman–Crippen LogP) is 1.94. The van der Waals surface area contributed by atoms with Crippen molar-refractivity contribution in [3.05, 3.63) is 23.8 Å². The Hall–Kier alpha value is -1.85. The van der Waals surface area contributed by atoms with Crippen LogP contribution in [-0.4, -0.2) is 26.5 Å².